The smallest absolute Gasteiger partial charge is 0.251 e. The summed E-state index contributed by atoms with van der Waals surface area (Å²) in [7, 11) is 1.65. The number of amides is 1. The second-order valence-corrected chi connectivity index (χ2v) is 8.84. The number of hydrogen-bond donors (Lipinski definition) is 2. The van der Waals surface area contributed by atoms with Gasteiger partial charge in [-0.25, -0.2) is 4.98 Å². The summed E-state index contributed by atoms with van der Waals surface area (Å²) < 4.78 is 11.1. The molecule has 0 bridgehead atoms. The highest BCUT2D eigenvalue weighted by atomic mass is 32.1. The van der Waals surface area contributed by atoms with E-state index in [2.05, 4.69) is 27.4 Å². The maximum Gasteiger partial charge on any atom is 0.251 e. The van der Waals surface area contributed by atoms with Gasteiger partial charge in [0.2, 0.25) is 0 Å². The van der Waals surface area contributed by atoms with E-state index in [1.807, 2.05) is 60.1 Å². The van der Waals surface area contributed by atoms with Crippen molar-refractivity contribution in [2.24, 2.45) is 0 Å². The van der Waals surface area contributed by atoms with Crippen LogP contribution >= 0.6 is 11.3 Å². The van der Waals surface area contributed by atoms with Crippen LogP contribution in [0.25, 0.3) is 10.9 Å². The van der Waals surface area contributed by atoms with E-state index in [0.717, 1.165) is 33.5 Å². The summed E-state index contributed by atoms with van der Waals surface area (Å²) in [5.74, 6) is 1.24. The summed E-state index contributed by atoms with van der Waals surface area (Å²) in [6.45, 7) is 0.811. The van der Waals surface area contributed by atoms with Crippen LogP contribution in [0.2, 0.25) is 0 Å². The van der Waals surface area contributed by atoms with Crippen LogP contribution in [-0.4, -0.2) is 29.5 Å². The van der Waals surface area contributed by atoms with E-state index >= 15 is 0 Å². The van der Waals surface area contributed by atoms with Gasteiger partial charge in [0, 0.05) is 40.5 Å². The van der Waals surface area contributed by atoms with Crippen LogP contribution in [-0.2, 0) is 6.61 Å². The first-order valence-electron chi connectivity index (χ1n) is 11.3. The van der Waals surface area contributed by atoms with Gasteiger partial charge >= 0.3 is 0 Å². The van der Waals surface area contributed by atoms with Crippen LogP contribution in [0.4, 0.5) is 0 Å². The van der Waals surface area contributed by atoms with E-state index in [4.69, 9.17) is 9.47 Å². The Hall–Kier alpha value is -4.10. The molecule has 1 atom stereocenters. The SMILES string of the molecule is COc1ccc(C(CNC(=O)c2cccc(OCc3cscn3)c2)c2c[nH]c3ccccc23)cc1. The molecule has 35 heavy (non-hydrogen) atoms. The molecule has 0 aliphatic heterocycles. The zero-order chi connectivity index (χ0) is 24.0. The monoisotopic (exact) mass is 483 g/mol. The summed E-state index contributed by atoms with van der Waals surface area (Å²) in [4.78, 5) is 20.7. The lowest BCUT2D eigenvalue weighted by Crippen LogP contribution is -2.28. The lowest BCUT2D eigenvalue weighted by Gasteiger charge is -2.19. The second kappa shape index (κ2) is 10.4. The number of ether oxygens (including phenoxy) is 2. The number of rotatable bonds is 9. The van der Waals surface area contributed by atoms with Gasteiger partial charge in [-0.15, -0.1) is 11.3 Å². The summed E-state index contributed by atoms with van der Waals surface area (Å²) >= 11 is 1.53. The number of para-hydroxylation sites is 1. The van der Waals surface area contributed by atoms with Crippen molar-refractivity contribution in [3.63, 3.8) is 0 Å². The zero-order valence-electron chi connectivity index (χ0n) is 19.2. The molecule has 0 spiro atoms. The number of benzene rings is 3. The van der Waals surface area contributed by atoms with Crippen LogP contribution in [0.15, 0.2) is 89.9 Å². The van der Waals surface area contributed by atoms with Gasteiger partial charge in [0.05, 0.1) is 18.3 Å². The van der Waals surface area contributed by atoms with E-state index < -0.39 is 0 Å². The van der Waals surface area contributed by atoms with Gasteiger partial charge < -0.3 is 19.8 Å². The molecular formula is C28H25N3O3S. The topological polar surface area (TPSA) is 76.2 Å². The number of carbonyl (C=O) groups excluding carboxylic acids is 1. The molecule has 0 fully saturated rings. The zero-order valence-corrected chi connectivity index (χ0v) is 20.0. The first kappa shape index (κ1) is 22.7. The van der Waals surface area contributed by atoms with Crippen LogP contribution < -0.4 is 14.8 Å². The van der Waals surface area contributed by atoms with Gasteiger partial charge in [-0.1, -0.05) is 36.4 Å². The van der Waals surface area contributed by atoms with Crippen molar-refractivity contribution in [3.8, 4) is 11.5 Å². The number of carbonyl (C=O) groups is 1. The van der Waals surface area contributed by atoms with Crippen LogP contribution in [0.5, 0.6) is 11.5 Å². The third-order valence-corrected chi connectivity index (χ3v) is 6.58. The van der Waals surface area contributed by atoms with Gasteiger partial charge in [-0.3, -0.25) is 4.79 Å². The van der Waals surface area contributed by atoms with Gasteiger partial charge in [0.25, 0.3) is 5.91 Å². The van der Waals surface area contributed by atoms with Crippen molar-refractivity contribution in [1.29, 1.82) is 0 Å². The fourth-order valence-corrected chi connectivity index (χ4v) is 4.66. The Morgan fingerprint density at radius 2 is 1.91 bits per heavy atom. The lowest BCUT2D eigenvalue weighted by atomic mass is 9.90. The second-order valence-electron chi connectivity index (χ2n) is 8.12. The molecule has 6 nitrogen and oxygen atoms in total. The number of thiazole rings is 1. The molecule has 0 aliphatic rings. The Balaban J connectivity index is 1.35. The van der Waals surface area contributed by atoms with Gasteiger partial charge in [-0.05, 0) is 47.5 Å². The van der Waals surface area contributed by atoms with Crippen molar-refractivity contribution in [3.05, 3.63) is 112 Å². The molecule has 2 aromatic heterocycles. The van der Waals surface area contributed by atoms with E-state index in [1.165, 1.54) is 11.3 Å². The molecule has 1 amide bonds. The van der Waals surface area contributed by atoms with Crippen molar-refractivity contribution in [2.75, 3.05) is 13.7 Å². The highest BCUT2D eigenvalue weighted by Gasteiger charge is 2.20. The fourth-order valence-electron chi connectivity index (χ4n) is 4.12. The maximum atomic E-state index is 13.1. The Morgan fingerprint density at radius 3 is 2.71 bits per heavy atom. The number of aromatic amines is 1. The molecular weight excluding hydrogens is 458 g/mol. The number of H-pyrrole nitrogens is 1. The van der Waals surface area contributed by atoms with E-state index in [0.29, 0.717) is 24.5 Å². The number of aromatic nitrogens is 2. The molecule has 5 aromatic rings. The average molecular weight is 484 g/mol. The molecule has 5 rings (SSSR count). The Labute approximate surface area is 207 Å². The Morgan fingerprint density at radius 1 is 1.06 bits per heavy atom. The number of methoxy groups -OCH3 is 1. The third-order valence-electron chi connectivity index (χ3n) is 5.95. The molecule has 3 aromatic carbocycles. The molecule has 2 heterocycles. The lowest BCUT2D eigenvalue weighted by molar-refractivity contribution is 0.0952. The quantitative estimate of drug-likeness (QED) is 0.279. The molecule has 0 saturated heterocycles. The van der Waals surface area contributed by atoms with Crippen LogP contribution in [0.1, 0.15) is 33.1 Å². The van der Waals surface area contributed by atoms with Crippen molar-refractivity contribution >= 4 is 28.1 Å². The van der Waals surface area contributed by atoms with Gasteiger partial charge in [0.15, 0.2) is 0 Å². The van der Waals surface area contributed by atoms with Crippen molar-refractivity contribution in [1.82, 2.24) is 15.3 Å². The van der Waals surface area contributed by atoms with E-state index in [-0.39, 0.29) is 11.8 Å². The highest BCUT2D eigenvalue weighted by molar-refractivity contribution is 7.07. The average Bonchev–Trinajstić information content (AvgIpc) is 3.59. The molecule has 1 unspecified atom stereocenters. The number of fused-ring (bicyclic) bond motifs is 1. The maximum absolute atomic E-state index is 13.1. The number of hydrogen-bond acceptors (Lipinski definition) is 5. The largest absolute Gasteiger partial charge is 0.497 e. The first-order valence-corrected chi connectivity index (χ1v) is 12.2. The highest BCUT2D eigenvalue weighted by Crippen LogP contribution is 2.31. The molecule has 0 radical (unpaired) electrons. The normalized spacial score (nSPS) is 11.8. The Bertz CT molecular complexity index is 1410. The minimum atomic E-state index is -0.150. The van der Waals surface area contributed by atoms with E-state index in [9.17, 15) is 4.79 Å². The molecule has 0 aliphatic carbocycles. The van der Waals surface area contributed by atoms with Crippen molar-refractivity contribution in [2.45, 2.75) is 12.5 Å². The molecule has 7 heteroatoms. The minimum Gasteiger partial charge on any atom is -0.497 e. The summed E-state index contributed by atoms with van der Waals surface area (Å²) in [6.07, 6.45) is 2.03. The van der Waals surface area contributed by atoms with Crippen molar-refractivity contribution < 1.29 is 14.3 Å². The fraction of sp³-hybridized carbons (Fsp3) is 0.143. The first-order chi connectivity index (χ1) is 17.2. The Kier molecular flexibility index (Phi) is 6.77. The van der Waals surface area contributed by atoms with Crippen LogP contribution in [0, 0.1) is 0 Å². The molecule has 0 saturated carbocycles. The minimum absolute atomic E-state index is 0.0369. The third kappa shape index (κ3) is 5.20. The molecule has 2 N–H and O–H groups in total. The standard InChI is InChI=1S/C28H25N3O3S/c1-33-22-11-9-19(10-12-22)25(26-15-29-27-8-3-2-7-24(26)27)14-30-28(32)20-5-4-6-23(13-20)34-16-21-17-35-18-31-21/h2-13,15,17-18,25,29H,14,16H2,1H3,(H,30,32). The number of nitrogens with one attached hydrogen (secondary N) is 2. The van der Waals surface area contributed by atoms with Gasteiger partial charge in [0.1, 0.15) is 18.1 Å². The van der Waals surface area contributed by atoms with Gasteiger partial charge in [-0.2, -0.15) is 0 Å². The molecule has 176 valence electrons. The van der Waals surface area contributed by atoms with Crippen LogP contribution in [0.3, 0.4) is 0 Å². The predicted molar refractivity (Wildman–Crippen MR) is 138 cm³/mol. The summed E-state index contributed by atoms with van der Waals surface area (Å²) in [5.41, 5.74) is 6.48. The predicted octanol–water partition coefficient (Wildman–Crippen LogP) is 5.77. The summed E-state index contributed by atoms with van der Waals surface area (Å²) in [5, 5.41) is 6.21. The number of nitrogens with zero attached hydrogens (tertiary/aromatic N) is 1. The summed E-state index contributed by atoms with van der Waals surface area (Å²) in [6, 6.07) is 23.4. The van der Waals surface area contributed by atoms with E-state index in [1.54, 1.807) is 24.8 Å².